The minimum absolute atomic E-state index is 0.158. The van der Waals surface area contributed by atoms with E-state index < -0.39 is 0 Å². The summed E-state index contributed by atoms with van der Waals surface area (Å²) in [4.78, 5) is 13.4. The molecule has 4 nitrogen and oxygen atoms in total. The third kappa shape index (κ3) is 4.42. The van der Waals surface area contributed by atoms with E-state index in [0.29, 0.717) is 18.8 Å². The minimum Gasteiger partial charge on any atom is -0.362 e. The molecule has 0 spiro atoms. The van der Waals surface area contributed by atoms with E-state index in [0.717, 1.165) is 0 Å². The smallest absolute Gasteiger partial charge is 0.239 e. The number of amides is 1. The Morgan fingerprint density at radius 2 is 2.33 bits per heavy atom. The quantitative estimate of drug-likeness (QED) is 0.780. The van der Waals surface area contributed by atoms with Gasteiger partial charge in [-0.1, -0.05) is 6.07 Å². The van der Waals surface area contributed by atoms with E-state index in [9.17, 15) is 9.18 Å². The molecule has 96 valence electrons. The lowest BCUT2D eigenvalue weighted by atomic mass is 10.2. The van der Waals surface area contributed by atoms with Crippen molar-refractivity contribution in [2.75, 3.05) is 24.5 Å². The molecule has 1 aromatic carbocycles. The Bertz CT molecular complexity index is 442. The fourth-order valence-corrected chi connectivity index (χ4v) is 1.55. The average Bonchev–Trinajstić information content (AvgIpc) is 2.36. The van der Waals surface area contributed by atoms with E-state index in [2.05, 4.69) is 5.32 Å². The molecule has 0 aromatic heterocycles. The van der Waals surface area contributed by atoms with Gasteiger partial charge < -0.3 is 10.2 Å². The molecular formula is C13H16FN3O. The lowest BCUT2D eigenvalue weighted by molar-refractivity contribution is -0.119. The second-order valence-electron chi connectivity index (χ2n) is 3.75. The Labute approximate surface area is 106 Å². The summed E-state index contributed by atoms with van der Waals surface area (Å²) < 4.78 is 13.1. The molecule has 18 heavy (non-hydrogen) atoms. The van der Waals surface area contributed by atoms with Crippen molar-refractivity contribution in [2.24, 2.45) is 0 Å². The van der Waals surface area contributed by atoms with Gasteiger partial charge in [-0.3, -0.25) is 4.79 Å². The number of benzene rings is 1. The molecule has 0 aliphatic carbocycles. The summed E-state index contributed by atoms with van der Waals surface area (Å²) in [6, 6.07) is 8.08. The van der Waals surface area contributed by atoms with Gasteiger partial charge in [0.05, 0.1) is 19.0 Å². The number of carbonyl (C=O) groups excluding carboxylic acids is 1. The fraction of sp³-hybridized carbons (Fsp3) is 0.385. The molecule has 0 atom stereocenters. The normalized spacial score (nSPS) is 9.61. The summed E-state index contributed by atoms with van der Waals surface area (Å²) in [6.07, 6.45) is 0.290. The highest BCUT2D eigenvalue weighted by Gasteiger charge is 2.09. The number of nitriles is 1. The first-order chi connectivity index (χ1) is 8.67. The maximum atomic E-state index is 13.1. The fourth-order valence-electron chi connectivity index (χ4n) is 1.55. The third-order valence-electron chi connectivity index (χ3n) is 2.45. The second kappa shape index (κ2) is 7.28. The van der Waals surface area contributed by atoms with Crippen LogP contribution in [-0.2, 0) is 4.79 Å². The summed E-state index contributed by atoms with van der Waals surface area (Å²) in [6.45, 7) is 3.00. The Kier molecular flexibility index (Phi) is 5.65. The van der Waals surface area contributed by atoms with Crippen LogP contribution in [0.3, 0.4) is 0 Å². The molecule has 1 rings (SSSR count). The Balaban J connectivity index is 2.57. The zero-order chi connectivity index (χ0) is 13.4. The molecule has 1 amide bonds. The van der Waals surface area contributed by atoms with Crippen molar-refractivity contribution in [3.05, 3.63) is 30.1 Å². The molecule has 0 aliphatic heterocycles. The molecule has 0 unspecified atom stereocenters. The molecule has 5 heteroatoms. The number of hydrogen-bond donors (Lipinski definition) is 1. The van der Waals surface area contributed by atoms with E-state index >= 15 is 0 Å². The van der Waals surface area contributed by atoms with Gasteiger partial charge in [0.2, 0.25) is 5.91 Å². The molecule has 1 N–H and O–H groups in total. The minimum atomic E-state index is -0.323. The van der Waals surface area contributed by atoms with Gasteiger partial charge in [0, 0.05) is 18.8 Å². The summed E-state index contributed by atoms with van der Waals surface area (Å²) in [5.41, 5.74) is 0.674. The lowest BCUT2D eigenvalue weighted by Gasteiger charge is -2.22. The molecular weight excluding hydrogens is 233 g/mol. The Hall–Kier alpha value is -2.09. The number of hydrogen-bond acceptors (Lipinski definition) is 3. The van der Waals surface area contributed by atoms with Gasteiger partial charge in [-0.15, -0.1) is 0 Å². The first-order valence-electron chi connectivity index (χ1n) is 5.81. The van der Waals surface area contributed by atoms with Crippen LogP contribution < -0.4 is 10.2 Å². The van der Waals surface area contributed by atoms with Crippen molar-refractivity contribution in [2.45, 2.75) is 13.3 Å². The molecule has 0 saturated carbocycles. The largest absolute Gasteiger partial charge is 0.362 e. The van der Waals surface area contributed by atoms with E-state index in [1.165, 1.54) is 12.1 Å². The Morgan fingerprint density at radius 1 is 1.56 bits per heavy atom. The van der Waals surface area contributed by atoms with Crippen molar-refractivity contribution in [3.8, 4) is 6.07 Å². The topological polar surface area (TPSA) is 56.1 Å². The van der Waals surface area contributed by atoms with Crippen molar-refractivity contribution in [1.29, 1.82) is 5.26 Å². The number of nitrogens with one attached hydrogen (secondary N) is 1. The van der Waals surface area contributed by atoms with Gasteiger partial charge in [0.1, 0.15) is 5.82 Å². The highest BCUT2D eigenvalue weighted by Crippen LogP contribution is 2.14. The van der Waals surface area contributed by atoms with Crippen molar-refractivity contribution in [3.63, 3.8) is 0 Å². The predicted molar refractivity (Wildman–Crippen MR) is 67.5 cm³/mol. The predicted octanol–water partition coefficient (Wildman–Crippen LogP) is 1.68. The molecule has 0 bridgehead atoms. The molecule has 0 heterocycles. The van der Waals surface area contributed by atoms with E-state index in [1.807, 2.05) is 13.0 Å². The van der Waals surface area contributed by atoms with Crippen LogP contribution in [0.1, 0.15) is 13.3 Å². The maximum absolute atomic E-state index is 13.1. The molecule has 0 fully saturated rings. The molecule has 0 aliphatic rings. The first-order valence-corrected chi connectivity index (χ1v) is 5.81. The van der Waals surface area contributed by atoms with Gasteiger partial charge in [-0.05, 0) is 25.1 Å². The number of carbonyl (C=O) groups is 1. The summed E-state index contributed by atoms with van der Waals surface area (Å²) in [5.74, 6) is -0.493. The van der Waals surface area contributed by atoms with Crippen LogP contribution in [-0.4, -0.2) is 25.5 Å². The van der Waals surface area contributed by atoms with Crippen LogP contribution in [0, 0.1) is 17.1 Å². The number of anilines is 1. The standard InChI is InChI=1S/C13H16FN3O/c1-2-17(10-13(18)16-8-4-7-15)12-6-3-5-11(14)9-12/h3,5-6,9H,2,4,8,10H2,1H3,(H,16,18). The third-order valence-corrected chi connectivity index (χ3v) is 2.45. The average molecular weight is 249 g/mol. The molecule has 0 radical (unpaired) electrons. The summed E-state index contributed by atoms with van der Waals surface area (Å²) >= 11 is 0. The first kappa shape index (κ1) is 14.0. The molecule has 0 saturated heterocycles. The van der Waals surface area contributed by atoms with Crippen LogP contribution in [0.2, 0.25) is 0 Å². The van der Waals surface area contributed by atoms with Crippen molar-refractivity contribution in [1.82, 2.24) is 5.32 Å². The van der Waals surface area contributed by atoms with Crippen LogP contribution in [0.4, 0.5) is 10.1 Å². The summed E-state index contributed by atoms with van der Waals surface area (Å²) in [7, 11) is 0. The van der Waals surface area contributed by atoms with Gasteiger partial charge in [0.15, 0.2) is 0 Å². The number of rotatable bonds is 6. The monoisotopic (exact) mass is 249 g/mol. The van der Waals surface area contributed by atoms with Crippen LogP contribution in [0.15, 0.2) is 24.3 Å². The highest BCUT2D eigenvalue weighted by atomic mass is 19.1. The van der Waals surface area contributed by atoms with E-state index in [1.54, 1.807) is 17.0 Å². The van der Waals surface area contributed by atoms with E-state index in [-0.39, 0.29) is 24.7 Å². The number of nitrogens with zero attached hydrogens (tertiary/aromatic N) is 2. The highest BCUT2D eigenvalue weighted by molar-refractivity contribution is 5.81. The molecule has 1 aromatic rings. The van der Waals surface area contributed by atoms with E-state index in [4.69, 9.17) is 5.26 Å². The SMILES string of the molecule is CCN(CC(=O)NCCC#N)c1cccc(F)c1. The number of likely N-dealkylation sites (N-methyl/N-ethyl adjacent to an activating group) is 1. The second-order valence-corrected chi connectivity index (χ2v) is 3.75. The van der Waals surface area contributed by atoms with Crippen LogP contribution >= 0.6 is 0 Å². The van der Waals surface area contributed by atoms with Gasteiger partial charge >= 0.3 is 0 Å². The van der Waals surface area contributed by atoms with Crippen molar-refractivity contribution >= 4 is 11.6 Å². The zero-order valence-electron chi connectivity index (χ0n) is 10.3. The van der Waals surface area contributed by atoms with Crippen LogP contribution in [0.25, 0.3) is 0 Å². The zero-order valence-corrected chi connectivity index (χ0v) is 10.3. The van der Waals surface area contributed by atoms with Gasteiger partial charge in [-0.25, -0.2) is 4.39 Å². The van der Waals surface area contributed by atoms with Gasteiger partial charge in [0.25, 0.3) is 0 Å². The van der Waals surface area contributed by atoms with Gasteiger partial charge in [-0.2, -0.15) is 5.26 Å². The number of halogens is 1. The van der Waals surface area contributed by atoms with Crippen LogP contribution in [0.5, 0.6) is 0 Å². The van der Waals surface area contributed by atoms with Crippen molar-refractivity contribution < 1.29 is 9.18 Å². The Morgan fingerprint density at radius 3 is 2.94 bits per heavy atom. The summed E-state index contributed by atoms with van der Waals surface area (Å²) in [5, 5.41) is 11.0. The maximum Gasteiger partial charge on any atom is 0.239 e. The lowest BCUT2D eigenvalue weighted by Crippen LogP contribution is -2.37.